The number of hydrogen-bond acceptors (Lipinski definition) is 3. The monoisotopic (exact) mass is 308 g/mol. The minimum atomic E-state index is -1.49. The highest BCUT2D eigenvalue weighted by molar-refractivity contribution is 7.17. The number of fused-ring (bicyclic) bond motifs is 1. The smallest absolute Gasteiger partial charge is 0.194 e. The van der Waals surface area contributed by atoms with E-state index in [1.54, 1.807) is 0 Å². The second-order valence-corrected chi connectivity index (χ2v) is 5.46. The van der Waals surface area contributed by atoms with Gasteiger partial charge in [-0.05, 0) is 28.5 Å². The zero-order valence-electron chi connectivity index (χ0n) is 10.7. The molecule has 0 saturated heterocycles. The van der Waals surface area contributed by atoms with Crippen molar-refractivity contribution in [3.8, 4) is 0 Å². The van der Waals surface area contributed by atoms with Gasteiger partial charge in [-0.15, -0.1) is 11.3 Å². The van der Waals surface area contributed by atoms with Gasteiger partial charge < -0.3 is 0 Å². The van der Waals surface area contributed by atoms with E-state index in [1.165, 1.54) is 17.4 Å². The van der Waals surface area contributed by atoms with Crippen LogP contribution in [0.2, 0.25) is 0 Å². The van der Waals surface area contributed by atoms with Crippen molar-refractivity contribution in [1.29, 1.82) is 0 Å². The molecule has 3 aromatic rings. The van der Waals surface area contributed by atoms with Gasteiger partial charge in [0, 0.05) is 10.3 Å². The molecule has 0 saturated carbocycles. The van der Waals surface area contributed by atoms with Crippen LogP contribution in [0.1, 0.15) is 17.2 Å². The molecule has 0 spiro atoms. The molecule has 0 aliphatic heterocycles. The van der Waals surface area contributed by atoms with Crippen molar-refractivity contribution in [2.24, 2.45) is 5.84 Å². The lowest BCUT2D eigenvalue weighted by molar-refractivity contribution is 0.433. The predicted molar refractivity (Wildman–Crippen MR) is 77.3 cm³/mol. The van der Waals surface area contributed by atoms with Crippen molar-refractivity contribution >= 4 is 21.4 Å². The van der Waals surface area contributed by atoms with Crippen LogP contribution in [-0.2, 0) is 0 Å². The van der Waals surface area contributed by atoms with Crippen LogP contribution in [0.25, 0.3) is 10.1 Å². The van der Waals surface area contributed by atoms with Gasteiger partial charge in [0.05, 0.1) is 6.04 Å². The molecule has 1 atom stereocenters. The van der Waals surface area contributed by atoms with Gasteiger partial charge in [-0.25, -0.2) is 18.6 Å². The molecule has 1 heterocycles. The third-order valence-corrected chi connectivity index (χ3v) is 4.35. The molecular weight excluding hydrogens is 297 g/mol. The third-order valence-electron chi connectivity index (χ3n) is 3.36. The molecule has 0 aliphatic carbocycles. The molecule has 1 aromatic heterocycles. The van der Waals surface area contributed by atoms with E-state index in [0.29, 0.717) is 0 Å². The number of hydrogen-bond donors (Lipinski definition) is 2. The van der Waals surface area contributed by atoms with Gasteiger partial charge in [-0.1, -0.05) is 24.3 Å². The Morgan fingerprint density at radius 3 is 2.48 bits per heavy atom. The molecule has 0 radical (unpaired) electrons. The SMILES string of the molecule is NNC(c1ccc(F)c(F)c1F)c1csc2ccccc12. The van der Waals surface area contributed by atoms with Crippen LogP contribution in [-0.4, -0.2) is 0 Å². The highest BCUT2D eigenvalue weighted by Gasteiger charge is 2.23. The second-order valence-electron chi connectivity index (χ2n) is 4.55. The summed E-state index contributed by atoms with van der Waals surface area (Å²) in [6.07, 6.45) is 0. The molecule has 108 valence electrons. The summed E-state index contributed by atoms with van der Waals surface area (Å²) in [5, 5.41) is 2.73. The van der Waals surface area contributed by atoms with Crippen LogP contribution in [0.15, 0.2) is 41.8 Å². The topological polar surface area (TPSA) is 38.0 Å². The fraction of sp³-hybridized carbons (Fsp3) is 0.0667. The first-order valence-electron chi connectivity index (χ1n) is 6.19. The predicted octanol–water partition coefficient (Wildman–Crippen LogP) is 3.87. The Hall–Kier alpha value is -1.89. The summed E-state index contributed by atoms with van der Waals surface area (Å²) in [6.45, 7) is 0. The maximum atomic E-state index is 14.0. The fourth-order valence-corrected chi connectivity index (χ4v) is 3.32. The Labute approximate surface area is 123 Å². The Kier molecular flexibility index (Phi) is 3.67. The average Bonchev–Trinajstić information content (AvgIpc) is 2.92. The normalized spacial score (nSPS) is 12.8. The van der Waals surface area contributed by atoms with Crippen LogP contribution < -0.4 is 11.3 Å². The summed E-state index contributed by atoms with van der Waals surface area (Å²) in [6, 6.07) is 8.90. The van der Waals surface area contributed by atoms with Crippen LogP contribution in [0.4, 0.5) is 13.2 Å². The quantitative estimate of drug-likeness (QED) is 0.438. The van der Waals surface area contributed by atoms with E-state index in [4.69, 9.17) is 5.84 Å². The number of thiophene rings is 1. The Bertz CT molecular complexity index is 801. The van der Waals surface area contributed by atoms with Gasteiger partial charge in [0.15, 0.2) is 17.5 Å². The maximum Gasteiger partial charge on any atom is 0.194 e. The molecular formula is C15H11F3N2S. The molecule has 3 N–H and O–H groups in total. The van der Waals surface area contributed by atoms with Crippen molar-refractivity contribution in [1.82, 2.24) is 5.43 Å². The van der Waals surface area contributed by atoms with Crippen LogP contribution in [0.3, 0.4) is 0 Å². The third kappa shape index (κ3) is 2.31. The number of hydrazine groups is 1. The molecule has 21 heavy (non-hydrogen) atoms. The first kappa shape index (κ1) is 14.1. The van der Waals surface area contributed by atoms with E-state index in [1.807, 2.05) is 29.6 Å². The molecule has 2 nitrogen and oxygen atoms in total. The zero-order valence-corrected chi connectivity index (χ0v) is 11.6. The first-order valence-corrected chi connectivity index (χ1v) is 7.07. The van der Waals surface area contributed by atoms with Crippen LogP contribution >= 0.6 is 11.3 Å². The van der Waals surface area contributed by atoms with Gasteiger partial charge in [-0.3, -0.25) is 5.84 Å². The Morgan fingerprint density at radius 1 is 0.952 bits per heavy atom. The Balaban J connectivity index is 2.17. The summed E-state index contributed by atoms with van der Waals surface area (Å²) >= 11 is 1.48. The molecule has 6 heteroatoms. The van der Waals surface area contributed by atoms with E-state index < -0.39 is 23.5 Å². The number of nitrogens with one attached hydrogen (secondary N) is 1. The van der Waals surface area contributed by atoms with Crippen molar-refractivity contribution < 1.29 is 13.2 Å². The molecule has 2 aromatic carbocycles. The molecule has 0 aliphatic rings. The number of nitrogens with two attached hydrogens (primary N) is 1. The molecule has 0 amide bonds. The molecule has 0 fully saturated rings. The van der Waals surface area contributed by atoms with E-state index >= 15 is 0 Å². The van der Waals surface area contributed by atoms with Gasteiger partial charge in [0.2, 0.25) is 0 Å². The van der Waals surface area contributed by atoms with Gasteiger partial charge >= 0.3 is 0 Å². The van der Waals surface area contributed by atoms with Gasteiger partial charge in [0.25, 0.3) is 0 Å². The molecule has 0 bridgehead atoms. The minimum absolute atomic E-state index is 0.0278. The minimum Gasteiger partial charge on any atom is -0.271 e. The van der Waals surface area contributed by atoms with Crippen LogP contribution in [0.5, 0.6) is 0 Å². The van der Waals surface area contributed by atoms with E-state index in [9.17, 15) is 13.2 Å². The lowest BCUT2D eigenvalue weighted by Gasteiger charge is -2.17. The number of halogens is 3. The average molecular weight is 308 g/mol. The van der Waals surface area contributed by atoms with Gasteiger partial charge in [0.1, 0.15) is 0 Å². The second kappa shape index (κ2) is 5.48. The molecule has 3 rings (SSSR count). The number of rotatable bonds is 3. The zero-order chi connectivity index (χ0) is 15.0. The van der Waals surface area contributed by atoms with Crippen molar-refractivity contribution in [2.45, 2.75) is 6.04 Å². The lowest BCUT2D eigenvalue weighted by Crippen LogP contribution is -2.29. The largest absolute Gasteiger partial charge is 0.271 e. The summed E-state index contributed by atoms with van der Waals surface area (Å²) in [7, 11) is 0. The molecule has 1 unspecified atom stereocenters. The highest BCUT2D eigenvalue weighted by Crippen LogP contribution is 2.34. The number of benzene rings is 2. The summed E-state index contributed by atoms with van der Waals surface area (Å²) < 4.78 is 41.5. The maximum absolute atomic E-state index is 14.0. The van der Waals surface area contributed by atoms with Crippen molar-refractivity contribution in [2.75, 3.05) is 0 Å². The summed E-state index contributed by atoms with van der Waals surface area (Å²) in [4.78, 5) is 0. The lowest BCUT2D eigenvalue weighted by atomic mass is 9.98. The summed E-state index contributed by atoms with van der Waals surface area (Å²) in [5.74, 6) is 1.57. The van der Waals surface area contributed by atoms with Crippen molar-refractivity contribution in [3.63, 3.8) is 0 Å². The standard InChI is InChI=1S/C15H11F3N2S/c16-11-6-5-9(13(17)14(11)18)15(20-19)10-7-21-12-4-2-1-3-8(10)12/h1-7,15,20H,19H2. The fourth-order valence-electron chi connectivity index (χ4n) is 2.33. The highest BCUT2D eigenvalue weighted by atomic mass is 32.1. The van der Waals surface area contributed by atoms with E-state index in [2.05, 4.69) is 5.43 Å². The first-order chi connectivity index (χ1) is 10.1. The van der Waals surface area contributed by atoms with Crippen molar-refractivity contribution in [3.05, 3.63) is 70.4 Å². The Morgan fingerprint density at radius 2 is 1.71 bits per heavy atom. The van der Waals surface area contributed by atoms with E-state index in [0.717, 1.165) is 21.7 Å². The van der Waals surface area contributed by atoms with Crippen LogP contribution in [0, 0.1) is 17.5 Å². The summed E-state index contributed by atoms with van der Waals surface area (Å²) in [5.41, 5.74) is 3.18. The van der Waals surface area contributed by atoms with E-state index in [-0.39, 0.29) is 5.56 Å². The van der Waals surface area contributed by atoms with Gasteiger partial charge in [-0.2, -0.15) is 0 Å².